The SMILES string of the molecule is Cc1cc2cc(NC(=O)C3CCc4nn(C)c(=O)n4C3)ccc2o1. The second-order valence-corrected chi connectivity index (χ2v) is 6.27. The first-order valence-electron chi connectivity index (χ1n) is 7.95. The summed E-state index contributed by atoms with van der Waals surface area (Å²) in [5.74, 6) is 1.28. The smallest absolute Gasteiger partial charge is 0.345 e. The van der Waals surface area contributed by atoms with E-state index in [9.17, 15) is 9.59 Å². The number of nitrogens with zero attached hydrogens (tertiary/aromatic N) is 3. The summed E-state index contributed by atoms with van der Waals surface area (Å²) in [6.07, 6.45) is 1.32. The fourth-order valence-corrected chi connectivity index (χ4v) is 3.25. The van der Waals surface area contributed by atoms with Crippen LogP contribution in [0, 0.1) is 12.8 Å². The standard InChI is InChI=1S/C17H18N4O3/c1-10-7-12-8-13(4-5-14(12)24-10)18-16(22)11-3-6-15-19-20(2)17(23)21(15)9-11/h4-5,7-8,11H,3,6,9H2,1-2H3,(H,18,22). The van der Waals surface area contributed by atoms with E-state index in [1.165, 1.54) is 4.68 Å². The number of rotatable bonds is 2. The Kier molecular flexibility index (Phi) is 3.30. The highest BCUT2D eigenvalue weighted by Gasteiger charge is 2.27. The Balaban J connectivity index is 1.53. The Morgan fingerprint density at radius 3 is 3.04 bits per heavy atom. The van der Waals surface area contributed by atoms with Crippen molar-refractivity contribution in [2.45, 2.75) is 26.3 Å². The van der Waals surface area contributed by atoms with Gasteiger partial charge in [-0.1, -0.05) is 0 Å². The number of hydrogen-bond acceptors (Lipinski definition) is 4. The number of furan rings is 1. The molecule has 1 atom stereocenters. The number of anilines is 1. The Bertz CT molecular complexity index is 995. The van der Waals surface area contributed by atoms with E-state index in [-0.39, 0.29) is 17.5 Å². The molecule has 3 heterocycles. The lowest BCUT2D eigenvalue weighted by molar-refractivity contribution is -0.120. The third kappa shape index (κ3) is 2.42. The molecule has 0 saturated carbocycles. The Labute approximate surface area is 137 Å². The number of aryl methyl sites for hydroxylation is 3. The molecule has 1 aliphatic rings. The van der Waals surface area contributed by atoms with E-state index in [4.69, 9.17) is 4.42 Å². The zero-order valence-corrected chi connectivity index (χ0v) is 13.6. The van der Waals surface area contributed by atoms with Crippen LogP contribution in [0.2, 0.25) is 0 Å². The first-order valence-corrected chi connectivity index (χ1v) is 7.95. The van der Waals surface area contributed by atoms with Crippen LogP contribution in [0.5, 0.6) is 0 Å². The minimum atomic E-state index is -0.235. The summed E-state index contributed by atoms with van der Waals surface area (Å²) < 4.78 is 8.46. The molecule has 2 aromatic heterocycles. The average molecular weight is 326 g/mol. The Morgan fingerprint density at radius 2 is 2.21 bits per heavy atom. The van der Waals surface area contributed by atoms with Crippen LogP contribution in [-0.2, 0) is 24.8 Å². The number of hydrogen-bond donors (Lipinski definition) is 1. The van der Waals surface area contributed by atoms with Crippen molar-refractivity contribution in [3.63, 3.8) is 0 Å². The van der Waals surface area contributed by atoms with Crippen molar-refractivity contribution >= 4 is 22.6 Å². The van der Waals surface area contributed by atoms with E-state index in [0.717, 1.165) is 28.2 Å². The quantitative estimate of drug-likeness (QED) is 0.779. The summed E-state index contributed by atoms with van der Waals surface area (Å²) in [4.78, 5) is 24.6. The van der Waals surface area contributed by atoms with Crippen LogP contribution in [0.3, 0.4) is 0 Å². The van der Waals surface area contributed by atoms with E-state index < -0.39 is 0 Å². The predicted molar refractivity (Wildman–Crippen MR) is 88.9 cm³/mol. The lowest BCUT2D eigenvalue weighted by Crippen LogP contribution is -2.35. The van der Waals surface area contributed by atoms with Gasteiger partial charge < -0.3 is 9.73 Å². The molecule has 1 unspecified atom stereocenters. The minimum Gasteiger partial charge on any atom is -0.461 e. The lowest BCUT2D eigenvalue weighted by atomic mass is 9.98. The molecule has 7 heteroatoms. The fraction of sp³-hybridized carbons (Fsp3) is 0.353. The summed E-state index contributed by atoms with van der Waals surface area (Å²) in [6, 6.07) is 7.51. The van der Waals surface area contributed by atoms with Gasteiger partial charge in [0.2, 0.25) is 5.91 Å². The third-order valence-electron chi connectivity index (χ3n) is 4.48. The second kappa shape index (κ2) is 5.36. The molecule has 0 spiro atoms. The van der Waals surface area contributed by atoms with Crippen molar-refractivity contribution in [3.8, 4) is 0 Å². The summed E-state index contributed by atoms with van der Waals surface area (Å²) in [6.45, 7) is 2.27. The van der Waals surface area contributed by atoms with Crippen LogP contribution < -0.4 is 11.0 Å². The molecule has 0 saturated heterocycles. The van der Waals surface area contributed by atoms with Gasteiger partial charge in [0.25, 0.3) is 0 Å². The monoisotopic (exact) mass is 326 g/mol. The topological polar surface area (TPSA) is 82.1 Å². The van der Waals surface area contributed by atoms with Crippen LogP contribution in [0.15, 0.2) is 33.5 Å². The van der Waals surface area contributed by atoms with Gasteiger partial charge in [-0.25, -0.2) is 9.48 Å². The first kappa shape index (κ1) is 14.7. The van der Waals surface area contributed by atoms with Crippen LogP contribution in [-0.4, -0.2) is 20.3 Å². The van der Waals surface area contributed by atoms with Gasteiger partial charge in [-0.3, -0.25) is 9.36 Å². The number of amides is 1. The first-order chi connectivity index (χ1) is 11.5. The summed E-state index contributed by atoms with van der Waals surface area (Å²) in [7, 11) is 1.63. The molecule has 1 aliphatic heterocycles. The molecule has 0 radical (unpaired) electrons. The van der Waals surface area contributed by atoms with Crippen molar-refractivity contribution in [1.82, 2.24) is 14.3 Å². The van der Waals surface area contributed by atoms with Crippen molar-refractivity contribution < 1.29 is 9.21 Å². The van der Waals surface area contributed by atoms with Gasteiger partial charge in [-0.05, 0) is 37.6 Å². The highest BCUT2D eigenvalue weighted by atomic mass is 16.3. The normalized spacial score (nSPS) is 17.0. The number of nitrogens with one attached hydrogen (secondary N) is 1. The van der Waals surface area contributed by atoms with E-state index in [1.807, 2.05) is 31.2 Å². The number of benzene rings is 1. The molecule has 4 rings (SSSR count). The Morgan fingerprint density at radius 1 is 1.38 bits per heavy atom. The number of fused-ring (bicyclic) bond motifs is 2. The van der Waals surface area contributed by atoms with E-state index in [1.54, 1.807) is 11.6 Å². The molecule has 7 nitrogen and oxygen atoms in total. The molecular weight excluding hydrogens is 308 g/mol. The molecule has 1 N–H and O–H groups in total. The maximum Gasteiger partial charge on any atom is 0.345 e. The molecule has 0 aliphatic carbocycles. The molecule has 1 aromatic carbocycles. The summed E-state index contributed by atoms with van der Waals surface area (Å²) in [5, 5.41) is 8.09. The van der Waals surface area contributed by atoms with Gasteiger partial charge in [0.05, 0.1) is 5.92 Å². The van der Waals surface area contributed by atoms with Crippen LogP contribution in [0.25, 0.3) is 11.0 Å². The van der Waals surface area contributed by atoms with Crippen LogP contribution in [0.4, 0.5) is 5.69 Å². The van der Waals surface area contributed by atoms with Crippen LogP contribution in [0.1, 0.15) is 18.0 Å². The van der Waals surface area contributed by atoms with Crippen molar-refractivity contribution in [1.29, 1.82) is 0 Å². The predicted octanol–water partition coefficient (Wildman–Crippen LogP) is 1.84. The highest BCUT2D eigenvalue weighted by Crippen LogP contribution is 2.24. The van der Waals surface area contributed by atoms with Gasteiger partial charge in [-0.15, -0.1) is 0 Å². The molecule has 3 aromatic rings. The number of carbonyl (C=O) groups is 1. The largest absolute Gasteiger partial charge is 0.461 e. The van der Waals surface area contributed by atoms with Crippen molar-refractivity contribution in [2.24, 2.45) is 13.0 Å². The molecule has 24 heavy (non-hydrogen) atoms. The van der Waals surface area contributed by atoms with Crippen molar-refractivity contribution in [3.05, 3.63) is 46.3 Å². The Hall–Kier alpha value is -2.83. The van der Waals surface area contributed by atoms with Gasteiger partial charge in [0.15, 0.2) is 0 Å². The van der Waals surface area contributed by atoms with E-state index in [0.29, 0.717) is 19.4 Å². The van der Waals surface area contributed by atoms with Gasteiger partial charge in [0.1, 0.15) is 17.2 Å². The molecule has 124 valence electrons. The van der Waals surface area contributed by atoms with E-state index in [2.05, 4.69) is 10.4 Å². The number of aromatic nitrogens is 3. The maximum atomic E-state index is 12.6. The number of carbonyl (C=O) groups excluding carboxylic acids is 1. The second-order valence-electron chi connectivity index (χ2n) is 6.27. The van der Waals surface area contributed by atoms with Gasteiger partial charge in [0, 0.05) is 31.1 Å². The minimum absolute atomic E-state index is 0.0732. The fourth-order valence-electron chi connectivity index (χ4n) is 3.25. The van der Waals surface area contributed by atoms with E-state index >= 15 is 0 Å². The summed E-state index contributed by atoms with van der Waals surface area (Å²) in [5.41, 5.74) is 1.37. The van der Waals surface area contributed by atoms with Crippen molar-refractivity contribution in [2.75, 3.05) is 5.32 Å². The zero-order valence-electron chi connectivity index (χ0n) is 13.6. The lowest BCUT2D eigenvalue weighted by Gasteiger charge is -2.21. The molecule has 0 bridgehead atoms. The summed E-state index contributed by atoms with van der Waals surface area (Å²) >= 11 is 0. The average Bonchev–Trinajstić information content (AvgIpc) is 3.06. The third-order valence-corrected chi connectivity index (χ3v) is 4.48. The van der Waals surface area contributed by atoms with Gasteiger partial charge >= 0.3 is 5.69 Å². The van der Waals surface area contributed by atoms with Gasteiger partial charge in [-0.2, -0.15) is 5.10 Å². The van der Waals surface area contributed by atoms with Crippen LogP contribution >= 0.6 is 0 Å². The molecule has 0 fully saturated rings. The highest BCUT2D eigenvalue weighted by molar-refractivity contribution is 5.94. The molecule has 1 amide bonds. The molecular formula is C17H18N4O3. The zero-order chi connectivity index (χ0) is 16.8. The maximum absolute atomic E-state index is 12.6.